The molecule has 1 atom stereocenters. The first kappa shape index (κ1) is 16.7. The van der Waals surface area contributed by atoms with Crippen molar-refractivity contribution >= 4 is 23.1 Å². The minimum atomic E-state index is -0.598. The highest BCUT2D eigenvalue weighted by molar-refractivity contribution is 7.80. The van der Waals surface area contributed by atoms with Gasteiger partial charge in [-0.25, -0.2) is 0 Å². The number of likely N-dealkylation sites (tertiary alicyclic amines) is 1. The van der Waals surface area contributed by atoms with E-state index in [4.69, 9.17) is 18.0 Å². The van der Waals surface area contributed by atoms with E-state index in [9.17, 15) is 4.79 Å². The zero-order chi connectivity index (χ0) is 15.3. The van der Waals surface area contributed by atoms with Crippen LogP contribution >= 0.6 is 12.2 Å². The molecule has 0 aromatic heterocycles. The Balaban J connectivity index is 1.96. The number of hydrogen-bond acceptors (Lipinski definition) is 3. The van der Waals surface area contributed by atoms with Crippen molar-refractivity contribution in [1.82, 2.24) is 10.2 Å². The Bertz CT molecular complexity index is 378. The Hall–Kier alpha value is -0.680. The molecule has 1 aliphatic heterocycles. The number of nitrogens with zero attached hydrogens (tertiary/aromatic N) is 1. The van der Waals surface area contributed by atoms with Crippen molar-refractivity contribution in [2.75, 3.05) is 20.1 Å². The first-order valence-corrected chi connectivity index (χ1v) is 8.75. The van der Waals surface area contributed by atoms with E-state index < -0.39 is 5.41 Å². The first-order valence-electron chi connectivity index (χ1n) is 8.35. The van der Waals surface area contributed by atoms with Crippen LogP contribution in [0.15, 0.2) is 0 Å². The molecule has 1 saturated heterocycles. The van der Waals surface area contributed by atoms with E-state index in [0.717, 1.165) is 45.2 Å². The monoisotopic (exact) mass is 311 g/mol. The molecule has 2 fully saturated rings. The Kier molecular flexibility index (Phi) is 5.99. The van der Waals surface area contributed by atoms with Gasteiger partial charge in [-0.1, -0.05) is 44.3 Å². The van der Waals surface area contributed by atoms with Crippen molar-refractivity contribution in [2.45, 2.75) is 63.8 Å². The van der Waals surface area contributed by atoms with Gasteiger partial charge in [-0.2, -0.15) is 0 Å². The SMILES string of the molecule is CN1CCCCC1CNC(=O)C1(C(N)=S)CCCCCC1. The van der Waals surface area contributed by atoms with Gasteiger partial charge in [0, 0.05) is 12.6 Å². The smallest absolute Gasteiger partial charge is 0.233 e. The lowest BCUT2D eigenvalue weighted by Crippen LogP contribution is -2.52. The Morgan fingerprint density at radius 3 is 2.48 bits per heavy atom. The van der Waals surface area contributed by atoms with Crippen LogP contribution < -0.4 is 11.1 Å². The average molecular weight is 311 g/mol. The number of nitrogens with two attached hydrogens (primary N) is 1. The molecular formula is C16H29N3OS. The lowest BCUT2D eigenvalue weighted by atomic mass is 9.79. The van der Waals surface area contributed by atoms with E-state index in [0.29, 0.717) is 11.0 Å². The fourth-order valence-electron chi connectivity index (χ4n) is 3.70. The van der Waals surface area contributed by atoms with Crippen LogP contribution in [-0.2, 0) is 4.79 Å². The fourth-order valence-corrected chi connectivity index (χ4v) is 4.00. The fraction of sp³-hybridized carbons (Fsp3) is 0.875. The van der Waals surface area contributed by atoms with E-state index in [1.54, 1.807) is 0 Å². The van der Waals surface area contributed by atoms with Crippen LogP contribution in [0.25, 0.3) is 0 Å². The Morgan fingerprint density at radius 2 is 1.90 bits per heavy atom. The van der Waals surface area contributed by atoms with Crippen molar-refractivity contribution in [1.29, 1.82) is 0 Å². The maximum atomic E-state index is 12.8. The van der Waals surface area contributed by atoms with Gasteiger partial charge in [0.15, 0.2) is 0 Å². The number of hydrogen-bond donors (Lipinski definition) is 2. The topological polar surface area (TPSA) is 58.4 Å². The predicted molar refractivity (Wildman–Crippen MR) is 90.2 cm³/mol. The van der Waals surface area contributed by atoms with Crippen LogP contribution in [0.1, 0.15) is 57.8 Å². The second-order valence-electron chi connectivity index (χ2n) is 6.70. The second-order valence-corrected chi connectivity index (χ2v) is 7.14. The van der Waals surface area contributed by atoms with Crippen molar-refractivity contribution in [2.24, 2.45) is 11.1 Å². The highest BCUT2D eigenvalue weighted by Crippen LogP contribution is 2.35. The third kappa shape index (κ3) is 3.95. The van der Waals surface area contributed by atoms with Gasteiger partial charge in [0.25, 0.3) is 0 Å². The summed E-state index contributed by atoms with van der Waals surface area (Å²) in [7, 11) is 2.14. The summed E-state index contributed by atoms with van der Waals surface area (Å²) in [6.45, 7) is 1.85. The Labute approximate surface area is 133 Å². The van der Waals surface area contributed by atoms with Crippen molar-refractivity contribution in [3.8, 4) is 0 Å². The molecule has 5 heteroatoms. The van der Waals surface area contributed by atoms with Crippen molar-refractivity contribution in [3.05, 3.63) is 0 Å². The summed E-state index contributed by atoms with van der Waals surface area (Å²) >= 11 is 5.26. The summed E-state index contributed by atoms with van der Waals surface area (Å²) in [5, 5.41) is 3.15. The Morgan fingerprint density at radius 1 is 1.24 bits per heavy atom. The summed E-state index contributed by atoms with van der Waals surface area (Å²) in [6.07, 6.45) is 9.78. The maximum Gasteiger partial charge on any atom is 0.233 e. The summed E-state index contributed by atoms with van der Waals surface area (Å²) in [6, 6.07) is 0.455. The molecule has 1 heterocycles. The third-order valence-electron chi connectivity index (χ3n) is 5.28. The number of nitrogens with one attached hydrogen (secondary N) is 1. The molecule has 1 aliphatic carbocycles. The molecule has 1 unspecified atom stereocenters. The lowest BCUT2D eigenvalue weighted by molar-refractivity contribution is -0.128. The summed E-state index contributed by atoms with van der Waals surface area (Å²) in [4.78, 5) is 15.5. The molecule has 0 aromatic carbocycles. The largest absolute Gasteiger partial charge is 0.392 e. The van der Waals surface area contributed by atoms with Crippen LogP contribution in [-0.4, -0.2) is 42.0 Å². The molecule has 0 spiro atoms. The molecule has 1 saturated carbocycles. The molecule has 0 radical (unpaired) electrons. The normalized spacial score (nSPS) is 26.8. The molecule has 120 valence electrons. The van der Waals surface area contributed by atoms with E-state index in [2.05, 4.69) is 17.3 Å². The van der Waals surface area contributed by atoms with Crippen LogP contribution in [0.3, 0.4) is 0 Å². The van der Waals surface area contributed by atoms with Crippen molar-refractivity contribution < 1.29 is 4.79 Å². The number of carbonyl (C=O) groups is 1. The molecule has 0 aromatic rings. The van der Waals surface area contributed by atoms with Gasteiger partial charge in [-0.15, -0.1) is 0 Å². The van der Waals surface area contributed by atoms with Crippen LogP contribution in [0.4, 0.5) is 0 Å². The second kappa shape index (κ2) is 7.54. The van der Waals surface area contributed by atoms with Crippen LogP contribution in [0.2, 0.25) is 0 Å². The first-order chi connectivity index (χ1) is 10.1. The van der Waals surface area contributed by atoms with Gasteiger partial charge >= 0.3 is 0 Å². The van der Waals surface area contributed by atoms with E-state index in [-0.39, 0.29) is 5.91 Å². The minimum absolute atomic E-state index is 0.0656. The number of rotatable bonds is 4. The molecule has 2 rings (SSSR count). The minimum Gasteiger partial charge on any atom is -0.392 e. The molecule has 2 aliphatic rings. The molecule has 21 heavy (non-hydrogen) atoms. The number of likely N-dealkylation sites (N-methyl/N-ethyl adjacent to an activating group) is 1. The van der Waals surface area contributed by atoms with E-state index in [1.807, 2.05) is 0 Å². The maximum absolute atomic E-state index is 12.8. The molecule has 3 N–H and O–H groups in total. The zero-order valence-electron chi connectivity index (χ0n) is 13.2. The van der Waals surface area contributed by atoms with Gasteiger partial charge in [-0.05, 0) is 39.3 Å². The number of thiocarbonyl (C=S) groups is 1. The third-order valence-corrected chi connectivity index (χ3v) is 5.67. The number of piperidine rings is 1. The van der Waals surface area contributed by atoms with Crippen LogP contribution in [0.5, 0.6) is 0 Å². The van der Waals surface area contributed by atoms with Gasteiger partial charge in [0.1, 0.15) is 0 Å². The van der Waals surface area contributed by atoms with Gasteiger partial charge < -0.3 is 16.0 Å². The molecule has 4 nitrogen and oxygen atoms in total. The summed E-state index contributed by atoms with van der Waals surface area (Å²) in [5.41, 5.74) is 5.37. The highest BCUT2D eigenvalue weighted by atomic mass is 32.1. The molecule has 0 bridgehead atoms. The van der Waals surface area contributed by atoms with Gasteiger partial charge in [-0.3, -0.25) is 4.79 Å². The highest BCUT2D eigenvalue weighted by Gasteiger charge is 2.41. The van der Waals surface area contributed by atoms with E-state index in [1.165, 1.54) is 25.7 Å². The average Bonchev–Trinajstić information content (AvgIpc) is 2.73. The summed E-state index contributed by atoms with van der Waals surface area (Å²) in [5.74, 6) is 0.0656. The number of amides is 1. The van der Waals surface area contributed by atoms with Gasteiger partial charge in [0.2, 0.25) is 5.91 Å². The quantitative estimate of drug-likeness (QED) is 0.617. The van der Waals surface area contributed by atoms with E-state index >= 15 is 0 Å². The molecular weight excluding hydrogens is 282 g/mol. The number of carbonyl (C=O) groups excluding carboxylic acids is 1. The van der Waals surface area contributed by atoms with Crippen LogP contribution in [0, 0.1) is 5.41 Å². The zero-order valence-corrected chi connectivity index (χ0v) is 14.0. The molecule has 1 amide bonds. The van der Waals surface area contributed by atoms with Gasteiger partial charge in [0.05, 0.1) is 10.4 Å². The summed E-state index contributed by atoms with van der Waals surface area (Å²) < 4.78 is 0. The standard InChI is InChI=1S/C16H29N3OS/c1-19-11-7-4-8-13(19)12-18-15(20)16(14(17)21)9-5-2-3-6-10-16/h13H,2-12H2,1H3,(H2,17,21)(H,18,20). The van der Waals surface area contributed by atoms with Crippen molar-refractivity contribution in [3.63, 3.8) is 0 Å². The lowest BCUT2D eigenvalue weighted by Gasteiger charge is -2.35. The predicted octanol–water partition coefficient (Wildman–Crippen LogP) is 2.21.